The molecular weight excluding hydrogens is 368 g/mol. The summed E-state index contributed by atoms with van der Waals surface area (Å²) in [6, 6.07) is 12.5. The molecule has 0 bridgehead atoms. The summed E-state index contributed by atoms with van der Waals surface area (Å²) >= 11 is 3.58. The van der Waals surface area contributed by atoms with E-state index in [1.54, 1.807) is 0 Å². The Morgan fingerprint density at radius 1 is 1.17 bits per heavy atom. The van der Waals surface area contributed by atoms with Gasteiger partial charge in [-0.3, -0.25) is 4.79 Å². The number of halogens is 1. The van der Waals surface area contributed by atoms with Crippen molar-refractivity contribution >= 4 is 26.7 Å². The van der Waals surface area contributed by atoms with E-state index in [0.717, 1.165) is 47.3 Å². The number of benzene rings is 2. The number of piperidine rings is 1. The lowest BCUT2D eigenvalue weighted by Crippen LogP contribution is -2.27. The average Bonchev–Trinajstić information content (AvgIpc) is 2.97. The van der Waals surface area contributed by atoms with E-state index in [1.165, 1.54) is 10.8 Å². The van der Waals surface area contributed by atoms with Crippen molar-refractivity contribution in [3.05, 3.63) is 68.1 Å². The van der Waals surface area contributed by atoms with Gasteiger partial charge in [0.1, 0.15) is 5.76 Å². The number of hydrogen-bond donors (Lipinski definition) is 2. The van der Waals surface area contributed by atoms with E-state index in [0.29, 0.717) is 12.3 Å². The molecule has 5 heteroatoms. The third kappa shape index (κ3) is 2.94. The second-order valence-corrected chi connectivity index (χ2v) is 7.23. The predicted molar refractivity (Wildman–Crippen MR) is 98.6 cm³/mol. The lowest BCUT2D eigenvalue weighted by molar-refractivity contribution is 0.324. The number of aromatic amines is 1. The number of aromatic nitrogens is 1. The molecule has 1 aromatic heterocycles. The van der Waals surface area contributed by atoms with Gasteiger partial charge >= 0.3 is 0 Å². The zero-order valence-corrected chi connectivity index (χ0v) is 14.9. The molecule has 4 nitrogen and oxygen atoms in total. The molecule has 0 amide bonds. The van der Waals surface area contributed by atoms with Crippen molar-refractivity contribution in [2.24, 2.45) is 0 Å². The van der Waals surface area contributed by atoms with Gasteiger partial charge in [0.25, 0.3) is 5.56 Å². The largest absolute Gasteiger partial charge is 0.383 e. The van der Waals surface area contributed by atoms with Crippen molar-refractivity contribution in [2.75, 3.05) is 13.1 Å². The van der Waals surface area contributed by atoms with Crippen LogP contribution in [0, 0.1) is 0 Å². The van der Waals surface area contributed by atoms with Crippen LogP contribution in [0.3, 0.4) is 0 Å². The number of nitrogens with one attached hydrogen (secondary N) is 2. The Morgan fingerprint density at radius 3 is 2.83 bits per heavy atom. The highest BCUT2D eigenvalue weighted by atomic mass is 79.9. The highest BCUT2D eigenvalue weighted by Crippen LogP contribution is 2.29. The van der Waals surface area contributed by atoms with E-state index in [9.17, 15) is 4.79 Å². The molecule has 3 aromatic rings. The summed E-state index contributed by atoms with van der Waals surface area (Å²) in [4.78, 5) is 12.2. The van der Waals surface area contributed by atoms with Crippen molar-refractivity contribution in [1.29, 1.82) is 0 Å². The lowest BCUT2D eigenvalue weighted by atomic mass is 9.91. The van der Waals surface area contributed by atoms with E-state index in [2.05, 4.69) is 50.7 Å². The van der Waals surface area contributed by atoms with Crippen LogP contribution < -0.4 is 10.9 Å². The van der Waals surface area contributed by atoms with E-state index in [-0.39, 0.29) is 5.56 Å². The van der Waals surface area contributed by atoms with Gasteiger partial charge in [0, 0.05) is 16.8 Å². The maximum absolute atomic E-state index is 12.2. The quantitative estimate of drug-likeness (QED) is 0.716. The molecule has 1 aliphatic heterocycles. The van der Waals surface area contributed by atoms with Gasteiger partial charge in [-0.05, 0) is 48.3 Å². The molecule has 0 atom stereocenters. The van der Waals surface area contributed by atoms with Gasteiger partial charge in [0.2, 0.25) is 0 Å². The van der Waals surface area contributed by atoms with E-state index in [4.69, 9.17) is 4.52 Å². The monoisotopic (exact) mass is 386 g/mol. The molecule has 4 rings (SSSR count). The topological polar surface area (TPSA) is 58.0 Å². The molecule has 1 saturated heterocycles. The molecule has 2 aromatic carbocycles. The van der Waals surface area contributed by atoms with Gasteiger partial charge in [-0.1, -0.05) is 46.3 Å². The van der Waals surface area contributed by atoms with Gasteiger partial charge in [-0.25, -0.2) is 0 Å². The van der Waals surface area contributed by atoms with Gasteiger partial charge < -0.3 is 9.84 Å². The minimum absolute atomic E-state index is 0.0992. The lowest BCUT2D eigenvalue weighted by Gasteiger charge is -2.21. The van der Waals surface area contributed by atoms with Gasteiger partial charge in [0.15, 0.2) is 0 Å². The van der Waals surface area contributed by atoms with Crippen molar-refractivity contribution in [1.82, 2.24) is 10.5 Å². The predicted octanol–water partition coefficient (Wildman–Crippen LogP) is 3.94. The Hall–Kier alpha value is -1.85. The van der Waals surface area contributed by atoms with Crippen LogP contribution in [-0.4, -0.2) is 18.2 Å². The summed E-state index contributed by atoms with van der Waals surface area (Å²) < 4.78 is 6.63. The van der Waals surface area contributed by atoms with Crippen molar-refractivity contribution in [3.8, 4) is 0 Å². The first-order valence-electron chi connectivity index (χ1n) is 8.30. The van der Waals surface area contributed by atoms with Crippen LogP contribution in [0.1, 0.15) is 35.6 Å². The van der Waals surface area contributed by atoms with Crippen molar-refractivity contribution < 1.29 is 4.52 Å². The molecule has 0 unspecified atom stereocenters. The van der Waals surface area contributed by atoms with Crippen LogP contribution in [0.4, 0.5) is 0 Å². The van der Waals surface area contributed by atoms with Crippen LogP contribution in [-0.2, 0) is 6.42 Å². The summed E-state index contributed by atoms with van der Waals surface area (Å²) in [6.07, 6.45) is 2.63. The third-order valence-corrected chi connectivity index (χ3v) is 5.50. The zero-order valence-electron chi connectivity index (χ0n) is 13.3. The molecule has 2 heterocycles. The molecule has 124 valence electrons. The van der Waals surface area contributed by atoms with E-state index >= 15 is 0 Å². The number of hydrogen-bond acceptors (Lipinski definition) is 3. The second kappa shape index (κ2) is 6.57. The molecule has 1 fully saturated rings. The first kappa shape index (κ1) is 15.7. The van der Waals surface area contributed by atoms with Crippen LogP contribution in [0.25, 0.3) is 10.8 Å². The Kier molecular flexibility index (Phi) is 4.29. The van der Waals surface area contributed by atoms with Gasteiger partial charge in [0.05, 0.1) is 5.56 Å². The van der Waals surface area contributed by atoms with Gasteiger partial charge in [-0.2, -0.15) is 5.16 Å². The van der Waals surface area contributed by atoms with E-state index < -0.39 is 0 Å². The standard InChI is InChI=1S/C19H19BrN2O2/c20-17-3-1-2-14-10-12(4-5-15(14)17)11-16-18(24-22-19(16)23)13-6-8-21-9-7-13/h1-5,10,13,21H,6-9,11H2,(H,22,23). The summed E-state index contributed by atoms with van der Waals surface area (Å²) in [7, 11) is 0. The first-order chi connectivity index (χ1) is 11.7. The summed E-state index contributed by atoms with van der Waals surface area (Å²) in [5.41, 5.74) is 1.80. The minimum Gasteiger partial charge on any atom is -0.383 e. The first-order valence-corrected chi connectivity index (χ1v) is 9.10. The molecule has 0 radical (unpaired) electrons. The maximum Gasteiger partial charge on any atom is 0.283 e. The highest BCUT2D eigenvalue weighted by molar-refractivity contribution is 9.10. The van der Waals surface area contributed by atoms with E-state index in [1.807, 2.05) is 12.1 Å². The smallest absolute Gasteiger partial charge is 0.283 e. The van der Waals surface area contributed by atoms with Crippen LogP contribution in [0.5, 0.6) is 0 Å². The van der Waals surface area contributed by atoms with Crippen LogP contribution in [0.2, 0.25) is 0 Å². The molecule has 0 aliphatic carbocycles. The maximum atomic E-state index is 12.2. The normalized spacial score (nSPS) is 15.9. The fourth-order valence-electron chi connectivity index (χ4n) is 3.53. The van der Waals surface area contributed by atoms with Crippen molar-refractivity contribution in [2.45, 2.75) is 25.2 Å². The van der Waals surface area contributed by atoms with Crippen LogP contribution >= 0.6 is 15.9 Å². The zero-order chi connectivity index (χ0) is 16.5. The Morgan fingerprint density at radius 2 is 2.00 bits per heavy atom. The molecule has 2 N–H and O–H groups in total. The summed E-state index contributed by atoms with van der Waals surface area (Å²) in [5, 5.41) is 8.25. The molecule has 0 saturated carbocycles. The molecule has 1 aliphatic rings. The molecular formula is C19H19BrN2O2. The Bertz CT molecular complexity index is 923. The third-order valence-electron chi connectivity index (χ3n) is 4.81. The fourth-order valence-corrected chi connectivity index (χ4v) is 4.04. The highest BCUT2D eigenvalue weighted by Gasteiger charge is 2.24. The van der Waals surface area contributed by atoms with Crippen LogP contribution in [0.15, 0.2) is 50.2 Å². The molecule has 0 spiro atoms. The number of H-pyrrole nitrogens is 1. The number of fused-ring (bicyclic) bond motifs is 1. The fraction of sp³-hybridized carbons (Fsp3) is 0.316. The van der Waals surface area contributed by atoms with Gasteiger partial charge in [-0.15, -0.1) is 0 Å². The number of rotatable bonds is 3. The Balaban J connectivity index is 1.68. The second-order valence-electron chi connectivity index (χ2n) is 6.37. The Labute approximate surface area is 148 Å². The van der Waals surface area contributed by atoms with Crippen molar-refractivity contribution in [3.63, 3.8) is 0 Å². The minimum atomic E-state index is -0.0992. The average molecular weight is 387 g/mol. The summed E-state index contributed by atoms with van der Waals surface area (Å²) in [6.45, 7) is 1.95. The SMILES string of the molecule is O=c1[nH]oc(C2CCNCC2)c1Cc1ccc2c(Br)cccc2c1. The summed E-state index contributed by atoms with van der Waals surface area (Å²) in [5.74, 6) is 1.17. The molecule has 24 heavy (non-hydrogen) atoms.